The smallest absolute Gasteiger partial charge is 0.225 e. The van der Waals surface area contributed by atoms with Crippen molar-refractivity contribution in [1.82, 2.24) is 24.8 Å². The summed E-state index contributed by atoms with van der Waals surface area (Å²) in [6, 6.07) is 4.12. The predicted octanol–water partition coefficient (Wildman–Crippen LogP) is 2.55. The molecule has 0 aromatic carbocycles. The van der Waals surface area contributed by atoms with Crippen molar-refractivity contribution in [3.8, 4) is 0 Å². The van der Waals surface area contributed by atoms with Crippen molar-refractivity contribution >= 4 is 5.95 Å². The number of aromatic nitrogens is 4. The Morgan fingerprint density at radius 3 is 2.68 bits per heavy atom. The molecular weight excluding hydrogens is 312 g/mol. The van der Waals surface area contributed by atoms with Crippen LogP contribution >= 0.6 is 0 Å². The van der Waals surface area contributed by atoms with Crippen LogP contribution in [0.3, 0.4) is 0 Å². The van der Waals surface area contributed by atoms with Crippen LogP contribution in [-0.4, -0.2) is 51.0 Å². The van der Waals surface area contributed by atoms with Gasteiger partial charge in [0.05, 0.1) is 5.69 Å². The van der Waals surface area contributed by atoms with Crippen molar-refractivity contribution in [3.05, 3.63) is 41.7 Å². The van der Waals surface area contributed by atoms with E-state index in [2.05, 4.69) is 36.9 Å². The molecule has 6 nitrogen and oxygen atoms in total. The Labute approximate surface area is 149 Å². The maximum atomic E-state index is 4.81. The van der Waals surface area contributed by atoms with Crippen molar-refractivity contribution in [2.45, 2.75) is 45.1 Å². The molecule has 4 heterocycles. The minimum absolute atomic E-state index is 0.496. The zero-order chi connectivity index (χ0) is 17.1. The average Bonchev–Trinajstić information content (AvgIpc) is 3.17. The topological polar surface area (TPSA) is 58.0 Å². The zero-order valence-electron chi connectivity index (χ0n) is 14.9. The van der Waals surface area contributed by atoms with Crippen LogP contribution in [0.5, 0.6) is 0 Å². The number of hydrogen-bond acceptors (Lipinski definition) is 6. The molecular formula is C19H26N6. The molecule has 0 aliphatic carbocycles. The molecule has 2 aromatic rings. The van der Waals surface area contributed by atoms with Gasteiger partial charge in [-0.25, -0.2) is 19.9 Å². The fourth-order valence-electron chi connectivity index (χ4n) is 3.91. The highest BCUT2D eigenvalue weighted by Crippen LogP contribution is 2.26. The Kier molecular flexibility index (Phi) is 4.88. The molecule has 2 aromatic heterocycles. The van der Waals surface area contributed by atoms with Gasteiger partial charge in [0.25, 0.3) is 0 Å². The Morgan fingerprint density at radius 1 is 1.00 bits per heavy atom. The molecule has 4 rings (SSSR count). The summed E-state index contributed by atoms with van der Waals surface area (Å²) < 4.78 is 0. The molecule has 2 fully saturated rings. The van der Waals surface area contributed by atoms with Crippen LogP contribution in [0.25, 0.3) is 0 Å². The van der Waals surface area contributed by atoms with E-state index in [1.165, 1.54) is 31.4 Å². The average molecular weight is 338 g/mol. The maximum Gasteiger partial charge on any atom is 0.225 e. The van der Waals surface area contributed by atoms with Crippen LogP contribution in [0.1, 0.15) is 48.8 Å². The van der Waals surface area contributed by atoms with E-state index in [-0.39, 0.29) is 0 Å². The molecule has 0 amide bonds. The molecule has 0 spiro atoms. The van der Waals surface area contributed by atoms with Crippen LogP contribution < -0.4 is 4.90 Å². The molecule has 1 atom stereocenters. The summed E-state index contributed by atoms with van der Waals surface area (Å²) in [5.41, 5.74) is 2.30. The molecule has 132 valence electrons. The van der Waals surface area contributed by atoms with Crippen LogP contribution in [0.4, 0.5) is 5.95 Å². The first-order valence-electron chi connectivity index (χ1n) is 9.37. The molecule has 25 heavy (non-hydrogen) atoms. The quantitative estimate of drug-likeness (QED) is 0.854. The molecule has 6 heteroatoms. The van der Waals surface area contributed by atoms with Crippen molar-refractivity contribution in [2.75, 3.05) is 31.1 Å². The third-order valence-electron chi connectivity index (χ3n) is 5.20. The van der Waals surface area contributed by atoms with E-state index in [0.717, 1.165) is 50.2 Å². The van der Waals surface area contributed by atoms with Crippen molar-refractivity contribution in [2.24, 2.45) is 0 Å². The lowest BCUT2D eigenvalue weighted by Gasteiger charge is -2.32. The predicted molar refractivity (Wildman–Crippen MR) is 97.5 cm³/mol. The molecule has 2 aliphatic rings. The summed E-state index contributed by atoms with van der Waals surface area (Å²) in [4.78, 5) is 22.9. The lowest BCUT2D eigenvalue weighted by atomic mass is 9.94. The first kappa shape index (κ1) is 16.4. The number of aryl methyl sites for hydroxylation is 1. The minimum Gasteiger partial charge on any atom is -0.341 e. The van der Waals surface area contributed by atoms with Crippen molar-refractivity contribution in [1.29, 1.82) is 0 Å². The first-order valence-corrected chi connectivity index (χ1v) is 9.37. The SMILES string of the molecule is Cc1nccc([C@@H]2CCCN(Cc3ccnc(N4CCCC4)n3)C2)n1. The Bertz CT molecular complexity index is 713. The van der Waals surface area contributed by atoms with Gasteiger partial charge in [-0.2, -0.15) is 0 Å². The van der Waals surface area contributed by atoms with Gasteiger partial charge in [0.15, 0.2) is 0 Å². The summed E-state index contributed by atoms with van der Waals surface area (Å²) >= 11 is 0. The molecule has 2 saturated heterocycles. The van der Waals surface area contributed by atoms with E-state index < -0.39 is 0 Å². The van der Waals surface area contributed by atoms with Gasteiger partial charge in [0, 0.05) is 50.2 Å². The van der Waals surface area contributed by atoms with Crippen molar-refractivity contribution < 1.29 is 0 Å². The normalized spacial score (nSPS) is 21.6. The summed E-state index contributed by atoms with van der Waals surface area (Å²) in [5.74, 6) is 2.26. The maximum absolute atomic E-state index is 4.81. The third kappa shape index (κ3) is 3.95. The minimum atomic E-state index is 0.496. The monoisotopic (exact) mass is 338 g/mol. The summed E-state index contributed by atoms with van der Waals surface area (Å²) in [6.45, 7) is 7.20. The van der Waals surface area contributed by atoms with E-state index >= 15 is 0 Å². The lowest BCUT2D eigenvalue weighted by molar-refractivity contribution is 0.196. The summed E-state index contributed by atoms with van der Waals surface area (Å²) in [6.07, 6.45) is 8.70. The Balaban J connectivity index is 1.43. The molecule has 0 saturated carbocycles. The first-order chi connectivity index (χ1) is 12.3. The number of likely N-dealkylation sites (tertiary alicyclic amines) is 1. The van der Waals surface area contributed by atoms with E-state index in [4.69, 9.17) is 4.98 Å². The second-order valence-electron chi connectivity index (χ2n) is 7.15. The van der Waals surface area contributed by atoms with Gasteiger partial charge in [0.1, 0.15) is 5.82 Å². The number of piperidine rings is 1. The summed E-state index contributed by atoms with van der Waals surface area (Å²) in [5, 5.41) is 0. The molecule has 2 aliphatic heterocycles. The standard InChI is InChI=1S/C19H26N6/c1-15-20-9-7-18(22-15)16-5-4-10-24(13-16)14-17-6-8-21-19(23-17)25-11-2-3-12-25/h6-9,16H,2-5,10-14H2,1H3/t16-/m1/s1. The second kappa shape index (κ2) is 7.44. The van der Waals surface area contributed by atoms with E-state index in [1.54, 1.807) is 0 Å². The largest absolute Gasteiger partial charge is 0.341 e. The highest BCUT2D eigenvalue weighted by molar-refractivity contribution is 5.31. The second-order valence-corrected chi connectivity index (χ2v) is 7.15. The molecule has 0 radical (unpaired) electrons. The number of hydrogen-bond donors (Lipinski definition) is 0. The van der Waals surface area contributed by atoms with Crippen molar-refractivity contribution in [3.63, 3.8) is 0 Å². The highest BCUT2D eigenvalue weighted by Gasteiger charge is 2.23. The van der Waals surface area contributed by atoms with E-state index in [1.807, 2.05) is 19.3 Å². The van der Waals surface area contributed by atoms with Crippen LogP contribution in [0.2, 0.25) is 0 Å². The van der Waals surface area contributed by atoms with E-state index in [9.17, 15) is 0 Å². The van der Waals surface area contributed by atoms with Gasteiger partial charge < -0.3 is 4.90 Å². The van der Waals surface area contributed by atoms with Crippen LogP contribution in [0, 0.1) is 6.92 Å². The van der Waals surface area contributed by atoms with Crippen LogP contribution in [-0.2, 0) is 6.54 Å². The van der Waals surface area contributed by atoms with Gasteiger partial charge in [-0.3, -0.25) is 4.90 Å². The van der Waals surface area contributed by atoms with E-state index in [0.29, 0.717) is 5.92 Å². The Hall–Kier alpha value is -2.08. The molecule has 0 bridgehead atoms. The third-order valence-corrected chi connectivity index (χ3v) is 5.20. The number of nitrogens with zero attached hydrogens (tertiary/aromatic N) is 6. The number of rotatable bonds is 4. The number of anilines is 1. The Morgan fingerprint density at radius 2 is 1.84 bits per heavy atom. The van der Waals surface area contributed by atoms with Gasteiger partial charge in [-0.15, -0.1) is 0 Å². The van der Waals surface area contributed by atoms with Gasteiger partial charge in [-0.05, 0) is 51.3 Å². The zero-order valence-corrected chi connectivity index (χ0v) is 14.9. The van der Waals surface area contributed by atoms with Gasteiger partial charge in [0.2, 0.25) is 5.95 Å². The fraction of sp³-hybridized carbons (Fsp3) is 0.579. The van der Waals surface area contributed by atoms with Crippen LogP contribution in [0.15, 0.2) is 24.5 Å². The highest BCUT2D eigenvalue weighted by atomic mass is 15.3. The lowest BCUT2D eigenvalue weighted by Crippen LogP contribution is -2.34. The summed E-state index contributed by atoms with van der Waals surface area (Å²) in [7, 11) is 0. The molecule has 0 unspecified atom stereocenters. The fourth-order valence-corrected chi connectivity index (χ4v) is 3.91. The molecule has 0 N–H and O–H groups in total. The van der Waals surface area contributed by atoms with Gasteiger partial charge in [-0.1, -0.05) is 0 Å². The van der Waals surface area contributed by atoms with Gasteiger partial charge >= 0.3 is 0 Å².